The van der Waals surface area contributed by atoms with E-state index in [1.165, 1.54) is 11.1 Å². The molecule has 3 rings (SSSR count). The van der Waals surface area contributed by atoms with E-state index in [1.807, 2.05) is 30.3 Å². The highest BCUT2D eigenvalue weighted by atomic mass is 16.3. The average molecular weight is 245 g/mol. The summed E-state index contributed by atoms with van der Waals surface area (Å²) in [7, 11) is 0. The van der Waals surface area contributed by atoms with Crippen LogP contribution in [0.15, 0.2) is 78.9 Å². The van der Waals surface area contributed by atoms with Crippen LogP contribution in [-0.2, 0) is 5.11 Å². The zero-order chi connectivity index (χ0) is 13.1. The Morgan fingerprint density at radius 1 is 0.421 bits per heavy atom. The van der Waals surface area contributed by atoms with E-state index in [2.05, 4.69) is 36.4 Å². The zero-order valence-electron chi connectivity index (χ0n) is 10.4. The molecule has 0 aliphatic heterocycles. The first-order valence-electron chi connectivity index (χ1n) is 6.26. The second-order valence-electron chi connectivity index (χ2n) is 4.47. The molecule has 0 saturated heterocycles. The van der Waals surface area contributed by atoms with Gasteiger partial charge < -0.3 is 0 Å². The third-order valence-electron chi connectivity index (χ3n) is 3.18. The van der Waals surface area contributed by atoms with E-state index in [4.69, 9.17) is 0 Å². The van der Waals surface area contributed by atoms with Crippen molar-refractivity contribution in [2.75, 3.05) is 0 Å². The van der Waals surface area contributed by atoms with Gasteiger partial charge in [0.25, 0.3) is 0 Å². The van der Waals surface area contributed by atoms with E-state index in [1.54, 1.807) is 12.1 Å². The van der Waals surface area contributed by atoms with Gasteiger partial charge in [-0.3, -0.25) is 5.11 Å². The zero-order valence-corrected chi connectivity index (χ0v) is 10.4. The Labute approximate surface area is 112 Å². The van der Waals surface area contributed by atoms with E-state index in [-0.39, 0.29) is 5.75 Å². The van der Waals surface area contributed by atoms with Crippen LogP contribution in [0.3, 0.4) is 0 Å². The summed E-state index contributed by atoms with van der Waals surface area (Å²) in [5.41, 5.74) is 4.60. The van der Waals surface area contributed by atoms with Crippen LogP contribution in [0, 0.1) is 0 Å². The summed E-state index contributed by atoms with van der Waals surface area (Å²) >= 11 is 0. The predicted molar refractivity (Wildman–Crippen MR) is 77.4 cm³/mol. The molecule has 19 heavy (non-hydrogen) atoms. The van der Waals surface area contributed by atoms with Gasteiger partial charge in [0.05, 0.1) is 0 Å². The van der Waals surface area contributed by atoms with Gasteiger partial charge in [-0.15, -0.1) is 0 Å². The molecule has 3 aromatic rings. The highest BCUT2D eigenvalue weighted by Gasteiger charge is 2.00. The van der Waals surface area contributed by atoms with Gasteiger partial charge in [0.2, 0.25) is 0 Å². The van der Waals surface area contributed by atoms with E-state index < -0.39 is 0 Å². The minimum atomic E-state index is 0.0460. The van der Waals surface area contributed by atoms with Crippen LogP contribution in [0.2, 0.25) is 0 Å². The molecule has 0 atom stereocenters. The van der Waals surface area contributed by atoms with Gasteiger partial charge >= 0.3 is 0 Å². The van der Waals surface area contributed by atoms with Crippen molar-refractivity contribution in [2.45, 2.75) is 0 Å². The maximum Gasteiger partial charge on any atom is 0.178 e. The fraction of sp³-hybridized carbons (Fsp3) is 0. The van der Waals surface area contributed by atoms with Crippen molar-refractivity contribution < 1.29 is 5.11 Å². The van der Waals surface area contributed by atoms with Crippen LogP contribution in [0.4, 0.5) is 0 Å². The van der Waals surface area contributed by atoms with Gasteiger partial charge in [-0.1, -0.05) is 66.7 Å². The second-order valence-corrected chi connectivity index (χ2v) is 4.47. The number of benzene rings is 3. The first-order valence-corrected chi connectivity index (χ1v) is 6.26. The molecule has 0 fully saturated rings. The monoisotopic (exact) mass is 245 g/mol. The summed E-state index contributed by atoms with van der Waals surface area (Å²) in [6.45, 7) is 0. The lowest BCUT2D eigenvalue weighted by atomic mass is 10.0. The molecule has 0 heterocycles. The van der Waals surface area contributed by atoms with Crippen molar-refractivity contribution in [3.63, 3.8) is 0 Å². The SMILES string of the molecule is [O]c1ccc(-c2ccc(-c3ccccc3)cc2)cc1. The summed E-state index contributed by atoms with van der Waals surface area (Å²) < 4.78 is 0. The van der Waals surface area contributed by atoms with Crippen molar-refractivity contribution in [3.8, 4) is 28.0 Å². The molecule has 1 nitrogen and oxygen atoms in total. The van der Waals surface area contributed by atoms with Crippen molar-refractivity contribution >= 4 is 0 Å². The largest absolute Gasteiger partial charge is 0.290 e. The van der Waals surface area contributed by atoms with Crippen LogP contribution < -0.4 is 0 Å². The van der Waals surface area contributed by atoms with Gasteiger partial charge in [-0.2, -0.15) is 0 Å². The molecule has 91 valence electrons. The number of rotatable bonds is 2. The molecule has 0 aliphatic carbocycles. The standard InChI is InChI=1S/C18H13O/c19-18-12-10-17(11-13-18)16-8-6-15(7-9-16)14-4-2-1-3-5-14/h1-13H. The van der Waals surface area contributed by atoms with Crippen LogP contribution in [0.25, 0.3) is 22.3 Å². The minimum absolute atomic E-state index is 0.0460. The Kier molecular flexibility index (Phi) is 3.03. The van der Waals surface area contributed by atoms with Crippen LogP contribution >= 0.6 is 0 Å². The molecule has 0 amide bonds. The summed E-state index contributed by atoms with van der Waals surface area (Å²) in [4.78, 5) is 0. The van der Waals surface area contributed by atoms with Gasteiger partial charge in [0.15, 0.2) is 5.75 Å². The first-order chi connectivity index (χ1) is 9.33. The number of hydrogen-bond donors (Lipinski definition) is 0. The maximum absolute atomic E-state index is 11.1. The fourth-order valence-electron chi connectivity index (χ4n) is 2.13. The molecule has 0 N–H and O–H groups in total. The van der Waals surface area contributed by atoms with E-state index in [0.717, 1.165) is 11.1 Å². The molecular weight excluding hydrogens is 232 g/mol. The molecule has 0 bridgehead atoms. The topological polar surface area (TPSA) is 19.9 Å². The molecule has 0 aliphatic rings. The predicted octanol–water partition coefficient (Wildman–Crippen LogP) is 5.16. The fourth-order valence-corrected chi connectivity index (χ4v) is 2.13. The lowest BCUT2D eigenvalue weighted by molar-refractivity contribution is 0.355. The Morgan fingerprint density at radius 2 is 0.789 bits per heavy atom. The molecule has 0 aromatic heterocycles. The summed E-state index contributed by atoms with van der Waals surface area (Å²) in [6, 6.07) is 25.6. The molecule has 1 heteroatoms. The first kappa shape index (κ1) is 11.5. The molecule has 0 spiro atoms. The average Bonchev–Trinajstić information content (AvgIpc) is 2.49. The number of hydrogen-bond acceptors (Lipinski definition) is 0. The lowest BCUT2D eigenvalue weighted by Crippen LogP contribution is -1.79. The third kappa shape index (κ3) is 2.50. The van der Waals surface area contributed by atoms with Crippen molar-refractivity contribution in [2.24, 2.45) is 0 Å². The smallest absolute Gasteiger partial charge is 0.178 e. The van der Waals surface area contributed by atoms with E-state index in [0.29, 0.717) is 0 Å². The van der Waals surface area contributed by atoms with Crippen LogP contribution in [0.1, 0.15) is 0 Å². The van der Waals surface area contributed by atoms with Gasteiger partial charge in [-0.05, 0) is 34.4 Å². The molecular formula is C18H13O. The second kappa shape index (κ2) is 4.99. The lowest BCUT2D eigenvalue weighted by Gasteiger charge is -2.04. The Bertz CT molecular complexity index is 652. The molecule has 1 radical (unpaired) electrons. The Hall–Kier alpha value is -2.54. The van der Waals surface area contributed by atoms with Gasteiger partial charge in [0, 0.05) is 0 Å². The van der Waals surface area contributed by atoms with Crippen LogP contribution in [0.5, 0.6) is 5.75 Å². The highest BCUT2D eigenvalue weighted by molar-refractivity contribution is 5.70. The van der Waals surface area contributed by atoms with Crippen molar-refractivity contribution in [1.82, 2.24) is 0 Å². The summed E-state index contributed by atoms with van der Waals surface area (Å²) in [5.74, 6) is 0.0460. The highest BCUT2D eigenvalue weighted by Crippen LogP contribution is 2.25. The molecule has 0 unspecified atom stereocenters. The van der Waals surface area contributed by atoms with E-state index >= 15 is 0 Å². The normalized spacial score (nSPS) is 10.3. The van der Waals surface area contributed by atoms with Gasteiger partial charge in [0.1, 0.15) is 0 Å². The third-order valence-corrected chi connectivity index (χ3v) is 3.18. The van der Waals surface area contributed by atoms with Gasteiger partial charge in [-0.25, -0.2) is 0 Å². The van der Waals surface area contributed by atoms with Crippen molar-refractivity contribution in [3.05, 3.63) is 78.9 Å². The van der Waals surface area contributed by atoms with Crippen molar-refractivity contribution in [1.29, 1.82) is 0 Å². The maximum atomic E-state index is 11.1. The molecule has 0 saturated carbocycles. The Morgan fingerprint density at radius 3 is 1.26 bits per heavy atom. The Balaban J connectivity index is 1.93. The summed E-state index contributed by atoms with van der Waals surface area (Å²) in [6.07, 6.45) is 0. The molecule has 3 aromatic carbocycles. The van der Waals surface area contributed by atoms with Crippen LogP contribution in [-0.4, -0.2) is 0 Å². The van der Waals surface area contributed by atoms with E-state index in [9.17, 15) is 5.11 Å². The quantitative estimate of drug-likeness (QED) is 0.594. The minimum Gasteiger partial charge on any atom is -0.290 e. The summed E-state index contributed by atoms with van der Waals surface area (Å²) in [5, 5.41) is 11.1.